The van der Waals surface area contributed by atoms with E-state index in [1.807, 2.05) is 4.90 Å². The highest BCUT2D eigenvalue weighted by molar-refractivity contribution is 6.00. The van der Waals surface area contributed by atoms with Gasteiger partial charge in [-0.25, -0.2) is 4.39 Å². The van der Waals surface area contributed by atoms with Crippen LogP contribution < -0.4 is 4.90 Å². The van der Waals surface area contributed by atoms with Crippen LogP contribution in [0, 0.1) is 5.82 Å². The van der Waals surface area contributed by atoms with Crippen LogP contribution in [0.2, 0.25) is 0 Å². The molecule has 1 amide bonds. The van der Waals surface area contributed by atoms with Crippen molar-refractivity contribution in [3.63, 3.8) is 0 Å². The van der Waals surface area contributed by atoms with Gasteiger partial charge in [0.15, 0.2) is 5.78 Å². The van der Waals surface area contributed by atoms with Crippen molar-refractivity contribution in [1.82, 2.24) is 4.90 Å². The molecule has 5 heteroatoms. The maximum atomic E-state index is 13.2. The number of benzene rings is 1. The van der Waals surface area contributed by atoms with Crippen LogP contribution >= 0.6 is 0 Å². The first kappa shape index (κ1) is 13.5. The summed E-state index contributed by atoms with van der Waals surface area (Å²) in [5.74, 6) is -0.622. The van der Waals surface area contributed by atoms with E-state index in [0.29, 0.717) is 24.3 Å². The van der Waals surface area contributed by atoms with Crippen LogP contribution in [-0.2, 0) is 4.79 Å². The number of halogens is 1. The Balaban J connectivity index is 2.35. The number of hydrogen-bond donors (Lipinski definition) is 0. The average molecular weight is 264 g/mol. The zero-order valence-corrected chi connectivity index (χ0v) is 11.1. The first-order valence-corrected chi connectivity index (χ1v) is 6.28. The molecular weight excluding hydrogens is 247 g/mol. The third kappa shape index (κ3) is 2.92. The molecule has 1 saturated heterocycles. The molecule has 1 aliphatic rings. The molecule has 0 saturated carbocycles. The van der Waals surface area contributed by atoms with E-state index < -0.39 is 5.82 Å². The van der Waals surface area contributed by atoms with Crippen LogP contribution in [0.25, 0.3) is 0 Å². The van der Waals surface area contributed by atoms with E-state index in [1.54, 1.807) is 18.0 Å². The van der Waals surface area contributed by atoms with Gasteiger partial charge in [0.25, 0.3) is 0 Å². The molecule has 1 aliphatic heterocycles. The monoisotopic (exact) mass is 264 g/mol. The fourth-order valence-electron chi connectivity index (χ4n) is 2.26. The Bertz CT molecular complexity index is 516. The predicted octanol–water partition coefficient (Wildman–Crippen LogP) is 1.70. The summed E-state index contributed by atoms with van der Waals surface area (Å²) in [4.78, 5) is 27.0. The van der Waals surface area contributed by atoms with Gasteiger partial charge in [-0.2, -0.15) is 0 Å². The number of likely N-dealkylation sites (N-methyl/N-ethyl adjacent to an activating group) is 1. The molecule has 1 fully saturated rings. The molecule has 1 aromatic rings. The second-order valence-corrected chi connectivity index (χ2v) is 4.81. The summed E-state index contributed by atoms with van der Waals surface area (Å²) >= 11 is 0. The summed E-state index contributed by atoms with van der Waals surface area (Å²) < 4.78 is 13.2. The molecule has 19 heavy (non-hydrogen) atoms. The molecular formula is C14H17FN2O2. The van der Waals surface area contributed by atoms with Gasteiger partial charge in [-0.3, -0.25) is 9.59 Å². The summed E-state index contributed by atoms with van der Waals surface area (Å²) in [6.07, 6.45) is 0.830. The molecule has 2 rings (SSSR count). The number of carbonyl (C=O) groups is 2. The summed E-state index contributed by atoms with van der Waals surface area (Å²) in [5, 5.41) is 0. The number of carbonyl (C=O) groups excluding carboxylic acids is 2. The predicted molar refractivity (Wildman–Crippen MR) is 70.9 cm³/mol. The van der Waals surface area contributed by atoms with Gasteiger partial charge >= 0.3 is 0 Å². The maximum Gasteiger partial charge on any atom is 0.241 e. The van der Waals surface area contributed by atoms with Gasteiger partial charge < -0.3 is 9.80 Å². The lowest BCUT2D eigenvalue weighted by atomic mass is 10.1. The Labute approximate surface area is 111 Å². The van der Waals surface area contributed by atoms with Crippen molar-refractivity contribution in [3.05, 3.63) is 29.6 Å². The van der Waals surface area contributed by atoms with Crippen LogP contribution in [-0.4, -0.2) is 43.3 Å². The molecule has 0 bridgehead atoms. The molecule has 0 unspecified atom stereocenters. The first-order valence-electron chi connectivity index (χ1n) is 6.28. The molecule has 0 radical (unpaired) electrons. The number of ketones is 1. The number of rotatable bonds is 2. The smallest absolute Gasteiger partial charge is 0.241 e. The van der Waals surface area contributed by atoms with E-state index in [4.69, 9.17) is 0 Å². The quantitative estimate of drug-likeness (QED) is 0.763. The van der Waals surface area contributed by atoms with Crippen molar-refractivity contribution in [2.45, 2.75) is 13.3 Å². The van der Waals surface area contributed by atoms with Crippen LogP contribution in [0.4, 0.5) is 10.1 Å². The Morgan fingerprint density at radius 2 is 2.05 bits per heavy atom. The fourth-order valence-corrected chi connectivity index (χ4v) is 2.26. The van der Waals surface area contributed by atoms with E-state index in [0.717, 1.165) is 6.42 Å². The summed E-state index contributed by atoms with van der Waals surface area (Å²) in [7, 11) is 1.77. The Kier molecular flexibility index (Phi) is 3.83. The molecule has 0 N–H and O–H groups in total. The second-order valence-electron chi connectivity index (χ2n) is 4.81. The molecule has 0 aliphatic carbocycles. The lowest BCUT2D eigenvalue weighted by Crippen LogP contribution is -2.35. The number of amides is 1. The van der Waals surface area contributed by atoms with E-state index in [-0.39, 0.29) is 18.2 Å². The van der Waals surface area contributed by atoms with Crippen molar-refractivity contribution in [1.29, 1.82) is 0 Å². The fraction of sp³-hybridized carbons (Fsp3) is 0.429. The van der Waals surface area contributed by atoms with Crippen molar-refractivity contribution in [3.8, 4) is 0 Å². The van der Waals surface area contributed by atoms with E-state index in [1.165, 1.54) is 19.1 Å². The summed E-state index contributed by atoms with van der Waals surface area (Å²) in [5.41, 5.74) is 0.968. The number of hydrogen-bond acceptors (Lipinski definition) is 3. The van der Waals surface area contributed by atoms with Gasteiger partial charge in [-0.1, -0.05) is 0 Å². The minimum Gasteiger partial charge on any atom is -0.362 e. The van der Waals surface area contributed by atoms with Crippen molar-refractivity contribution < 1.29 is 14.0 Å². The highest BCUT2D eigenvalue weighted by Gasteiger charge is 2.22. The van der Waals surface area contributed by atoms with Crippen molar-refractivity contribution in [2.75, 3.05) is 31.6 Å². The molecule has 0 atom stereocenters. The van der Waals surface area contributed by atoms with Crippen LogP contribution in [0.3, 0.4) is 0 Å². The largest absolute Gasteiger partial charge is 0.362 e. The van der Waals surface area contributed by atoms with E-state index in [2.05, 4.69) is 0 Å². The standard InChI is InChI=1S/C14H17FN2O2/c1-10(18)12-8-11(15)4-5-13(12)17-7-3-6-16(2)14(19)9-17/h4-5,8H,3,6-7,9H2,1-2H3. The number of nitrogens with zero attached hydrogens (tertiary/aromatic N) is 2. The van der Waals surface area contributed by atoms with Gasteiger partial charge in [-0.15, -0.1) is 0 Å². The lowest BCUT2D eigenvalue weighted by Gasteiger charge is -2.24. The van der Waals surface area contributed by atoms with Crippen molar-refractivity contribution >= 4 is 17.4 Å². The van der Waals surface area contributed by atoms with E-state index in [9.17, 15) is 14.0 Å². The summed E-state index contributed by atoms with van der Waals surface area (Å²) in [6.45, 7) is 3.01. The van der Waals surface area contributed by atoms with Crippen LogP contribution in [0.1, 0.15) is 23.7 Å². The molecule has 1 heterocycles. The summed E-state index contributed by atoms with van der Waals surface area (Å²) in [6, 6.07) is 4.13. The molecule has 4 nitrogen and oxygen atoms in total. The van der Waals surface area contributed by atoms with Gasteiger partial charge in [0.1, 0.15) is 5.82 Å². The minimum atomic E-state index is -0.438. The molecule has 0 spiro atoms. The Hall–Kier alpha value is -1.91. The van der Waals surface area contributed by atoms with Crippen LogP contribution in [0.5, 0.6) is 0 Å². The third-order valence-electron chi connectivity index (χ3n) is 3.35. The average Bonchev–Trinajstić information content (AvgIpc) is 2.52. The second kappa shape index (κ2) is 5.38. The lowest BCUT2D eigenvalue weighted by molar-refractivity contribution is -0.127. The zero-order valence-electron chi connectivity index (χ0n) is 11.1. The topological polar surface area (TPSA) is 40.6 Å². The Morgan fingerprint density at radius 3 is 2.74 bits per heavy atom. The molecule has 0 aromatic heterocycles. The van der Waals surface area contributed by atoms with Gasteiger partial charge in [-0.05, 0) is 31.5 Å². The number of anilines is 1. The van der Waals surface area contributed by atoms with E-state index >= 15 is 0 Å². The van der Waals surface area contributed by atoms with Crippen LogP contribution in [0.15, 0.2) is 18.2 Å². The van der Waals surface area contributed by atoms with Gasteiger partial charge in [0.05, 0.1) is 6.54 Å². The normalized spacial score (nSPS) is 16.5. The van der Waals surface area contributed by atoms with Gasteiger partial charge in [0.2, 0.25) is 5.91 Å². The SMILES string of the molecule is CC(=O)c1cc(F)ccc1N1CCCN(C)C(=O)C1. The number of Topliss-reactive ketones (excluding diaryl/α,β-unsaturated/α-hetero) is 1. The zero-order chi connectivity index (χ0) is 14.0. The highest BCUT2D eigenvalue weighted by atomic mass is 19.1. The highest BCUT2D eigenvalue weighted by Crippen LogP contribution is 2.23. The molecule has 102 valence electrons. The maximum absolute atomic E-state index is 13.2. The minimum absolute atomic E-state index is 0.0105. The van der Waals surface area contributed by atoms with Gasteiger partial charge in [0, 0.05) is 31.4 Å². The molecule has 1 aromatic carbocycles. The first-order chi connectivity index (χ1) is 8.99. The Morgan fingerprint density at radius 1 is 1.32 bits per heavy atom. The van der Waals surface area contributed by atoms with Crippen molar-refractivity contribution in [2.24, 2.45) is 0 Å². The third-order valence-corrected chi connectivity index (χ3v) is 3.35.